The normalized spacial score (nSPS) is 18.7. The highest BCUT2D eigenvalue weighted by Crippen LogP contribution is 2.26. The van der Waals surface area contributed by atoms with Crippen LogP contribution in [0.3, 0.4) is 0 Å². The number of benzene rings is 1. The van der Waals surface area contributed by atoms with Crippen LogP contribution in [0, 0.1) is 5.92 Å². The molecule has 2 heterocycles. The summed E-state index contributed by atoms with van der Waals surface area (Å²) in [5.74, 6) is -0.376. The molecule has 1 N–H and O–H groups in total. The van der Waals surface area contributed by atoms with E-state index in [1.54, 1.807) is 22.1 Å². The number of hydrogen-bond donors (Lipinski definition) is 1. The third-order valence-corrected chi connectivity index (χ3v) is 6.38. The number of amides is 1. The van der Waals surface area contributed by atoms with Gasteiger partial charge in [-0.25, -0.2) is 9.48 Å². The van der Waals surface area contributed by atoms with Gasteiger partial charge in [-0.3, -0.25) is 4.79 Å². The van der Waals surface area contributed by atoms with E-state index < -0.39 is 5.97 Å². The van der Waals surface area contributed by atoms with E-state index in [1.807, 2.05) is 47.8 Å². The van der Waals surface area contributed by atoms with Crippen molar-refractivity contribution in [2.75, 3.05) is 6.61 Å². The molecular formula is C23H25N3O3S. The second-order valence-corrected chi connectivity index (χ2v) is 8.60. The van der Waals surface area contributed by atoms with Crippen molar-refractivity contribution in [1.82, 2.24) is 15.1 Å². The molecule has 2 atom stereocenters. The third kappa shape index (κ3) is 4.62. The van der Waals surface area contributed by atoms with Gasteiger partial charge in [0, 0.05) is 12.1 Å². The molecule has 0 aliphatic heterocycles. The number of para-hydroxylation sites is 1. The van der Waals surface area contributed by atoms with Gasteiger partial charge in [0.1, 0.15) is 5.69 Å². The minimum absolute atomic E-state index is 0.158. The summed E-state index contributed by atoms with van der Waals surface area (Å²) in [7, 11) is 0. The number of carbonyl (C=O) groups excluding carboxylic acids is 2. The Labute approximate surface area is 179 Å². The van der Waals surface area contributed by atoms with Crippen LogP contribution >= 0.6 is 11.3 Å². The predicted molar refractivity (Wildman–Crippen MR) is 117 cm³/mol. The maximum atomic E-state index is 12.8. The second kappa shape index (κ2) is 9.26. The molecule has 1 aliphatic rings. The SMILES string of the molecule is C[C@@H]1CCCC[C@@H]1NC(=O)COC(=O)c1cc(-c2cccs2)nn1-c1ccccc1. The number of nitrogens with zero attached hydrogens (tertiary/aromatic N) is 2. The topological polar surface area (TPSA) is 73.2 Å². The lowest BCUT2D eigenvalue weighted by atomic mass is 9.86. The van der Waals surface area contributed by atoms with Gasteiger partial charge in [-0.15, -0.1) is 11.3 Å². The van der Waals surface area contributed by atoms with E-state index in [0.717, 1.165) is 29.8 Å². The quantitative estimate of drug-likeness (QED) is 0.595. The van der Waals surface area contributed by atoms with Gasteiger partial charge in [-0.05, 0) is 42.3 Å². The molecule has 0 unspecified atom stereocenters. The number of ether oxygens (including phenoxy) is 1. The average Bonchev–Trinajstić information content (AvgIpc) is 3.44. The first-order chi connectivity index (χ1) is 14.6. The van der Waals surface area contributed by atoms with Crippen LogP contribution in [0.25, 0.3) is 16.3 Å². The van der Waals surface area contributed by atoms with Crippen molar-refractivity contribution in [3.05, 3.63) is 59.6 Å². The Morgan fingerprint density at radius 2 is 1.97 bits per heavy atom. The van der Waals surface area contributed by atoms with Crippen LogP contribution in [0.2, 0.25) is 0 Å². The Balaban J connectivity index is 1.48. The summed E-state index contributed by atoms with van der Waals surface area (Å²) in [4.78, 5) is 26.1. The molecular weight excluding hydrogens is 398 g/mol. The number of esters is 1. The Hall–Kier alpha value is -2.93. The van der Waals surface area contributed by atoms with Crippen LogP contribution in [-0.4, -0.2) is 34.3 Å². The van der Waals surface area contributed by atoms with Crippen LogP contribution in [-0.2, 0) is 9.53 Å². The summed E-state index contributed by atoms with van der Waals surface area (Å²) in [6.45, 7) is 1.86. The highest BCUT2D eigenvalue weighted by atomic mass is 32.1. The lowest BCUT2D eigenvalue weighted by Gasteiger charge is -2.29. The molecule has 2 aromatic heterocycles. The minimum atomic E-state index is -0.569. The number of carbonyl (C=O) groups is 2. The summed E-state index contributed by atoms with van der Waals surface area (Å²) in [6, 6.07) is 15.2. The van der Waals surface area contributed by atoms with Gasteiger partial charge in [-0.1, -0.05) is 44.0 Å². The van der Waals surface area contributed by atoms with Gasteiger partial charge < -0.3 is 10.1 Å². The van der Waals surface area contributed by atoms with E-state index in [9.17, 15) is 9.59 Å². The van der Waals surface area contributed by atoms with Crippen molar-refractivity contribution in [2.24, 2.45) is 5.92 Å². The van der Waals surface area contributed by atoms with Crippen LogP contribution in [0.5, 0.6) is 0 Å². The average molecular weight is 424 g/mol. The van der Waals surface area contributed by atoms with E-state index in [0.29, 0.717) is 17.3 Å². The van der Waals surface area contributed by atoms with Gasteiger partial charge in [0.25, 0.3) is 5.91 Å². The molecule has 6 nitrogen and oxygen atoms in total. The first-order valence-corrected chi connectivity index (χ1v) is 11.2. The van der Waals surface area contributed by atoms with Gasteiger partial charge in [0.2, 0.25) is 0 Å². The maximum absolute atomic E-state index is 12.8. The van der Waals surface area contributed by atoms with Crippen LogP contribution in [0.4, 0.5) is 0 Å². The second-order valence-electron chi connectivity index (χ2n) is 7.65. The maximum Gasteiger partial charge on any atom is 0.357 e. The largest absolute Gasteiger partial charge is 0.451 e. The molecule has 0 saturated heterocycles. The Morgan fingerprint density at radius 1 is 1.17 bits per heavy atom. The van der Waals surface area contributed by atoms with Crippen molar-refractivity contribution in [1.29, 1.82) is 0 Å². The Bertz CT molecular complexity index is 998. The number of hydrogen-bond acceptors (Lipinski definition) is 5. The van der Waals surface area contributed by atoms with Crippen molar-refractivity contribution < 1.29 is 14.3 Å². The highest BCUT2D eigenvalue weighted by molar-refractivity contribution is 7.13. The lowest BCUT2D eigenvalue weighted by molar-refractivity contribution is -0.125. The number of thiophene rings is 1. The summed E-state index contributed by atoms with van der Waals surface area (Å²) in [6.07, 6.45) is 4.42. The highest BCUT2D eigenvalue weighted by Gasteiger charge is 2.24. The molecule has 1 amide bonds. The molecule has 0 spiro atoms. The molecule has 1 saturated carbocycles. The molecule has 0 bridgehead atoms. The molecule has 30 heavy (non-hydrogen) atoms. The third-order valence-electron chi connectivity index (χ3n) is 5.49. The molecule has 1 aromatic carbocycles. The minimum Gasteiger partial charge on any atom is -0.451 e. The number of nitrogens with one attached hydrogen (secondary N) is 1. The summed E-state index contributed by atoms with van der Waals surface area (Å²) in [5.41, 5.74) is 1.75. The molecule has 4 rings (SSSR count). The van der Waals surface area contributed by atoms with Crippen LogP contribution in [0.15, 0.2) is 53.9 Å². The van der Waals surface area contributed by atoms with E-state index in [2.05, 4.69) is 17.3 Å². The van der Waals surface area contributed by atoms with Gasteiger partial charge >= 0.3 is 5.97 Å². The Morgan fingerprint density at radius 3 is 2.70 bits per heavy atom. The first kappa shape index (κ1) is 20.3. The molecule has 156 valence electrons. The molecule has 0 radical (unpaired) electrons. The van der Waals surface area contributed by atoms with Crippen molar-refractivity contribution >= 4 is 23.2 Å². The van der Waals surface area contributed by atoms with Gasteiger partial charge in [0.15, 0.2) is 12.3 Å². The van der Waals surface area contributed by atoms with Crippen LogP contribution in [0.1, 0.15) is 43.1 Å². The van der Waals surface area contributed by atoms with Crippen molar-refractivity contribution in [2.45, 2.75) is 38.6 Å². The molecule has 1 aliphatic carbocycles. The fourth-order valence-electron chi connectivity index (χ4n) is 3.82. The molecule has 3 aromatic rings. The summed E-state index contributed by atoms with van der Waals surface area (Å²) >= 11 is 1.55. The van der Waals surface area contributed by atoms with Gasteiger partial charge in [0.05, 0.1) is 10.6 Å². The summed E-state index contributed by atoms with van der Waals surface area (Å²) in [5, 5.41) is 9.58. The van der Waals surface area contributed by atoms with Crippen molar-refractivity contribution in [3.63, 3.8) is 0 Å². The zero-order valence-electron chi connectivity index (χ0n) is 16.9. The molecule has 7 heteroatoms. The molecule has 1 fully saturated rings. The van der Waals surface area contributed by atoms with E-state index >= 15 is 0 Å². The lowest BCUT2D eigenvalue weighted by Crippen LogP contribution is -2.42. The standard InChI is InChI=1S/C23H25N3O3S/c1-16-8-5-6-11-18(16)24-22(27)15-29-23(28)20-14-19(21-12-7-13-30-21)25-26(20)17-9-3-2-4-10-17/h2-4,7,9-10,12-14,16,18H,5-6,8,11,15H2,1H3,(H,24,27)/t16-,18+/m1/s1. The Kier molecular flexibility index (Phi) is 6.28. The van der Waals surface area contributed by atoms with E-state index in [1.165, 1.54) is 6.42 Å². The number of aromatic nitrogens is 2. The van der Waals surface area contributed by atoms with E-state index in [-0.39, 0.29) is 18.6 Å². The van der Waals surface area contributed by atoms with Crippen molar-refractivity contribution in [3.8, 4) is 16.3 Å². The van der Waals surface area contributed by atoms with Crippen LogP contribution < -0.4 is 5.32 Å². The number of rotatable bonds is 6. The van der Waals surface area contributed by atoms with Gasteiger partial charge in [-0.2, -0.15) is 5.10 Å². The smallest absolute Gasteiger partial charge is 0.357 e. The monoisotopic (exact) mass is 423 g/mol. The zero-order chi connectivity index (χ0) is 20.9. The predicted octanol–water partition coefficient (Wildman–Crippen LogP) is 4.45. The summed E-state index contributed by atoms with van der Waals surface area (Å²) < 4.78 is 6.92. The fourth-order valence-corrected chi connectivity index (χ4v) is 4.50. The van der Waals surface area contributed by atoms with E-state index in [4.69, 9.17) is 4.74 Å². The first-order valence-electron chi connectivity index (χ1n) is 10.3. The zero-order valence-corrected chi connectivity index (χ0v) is 17.7. The fraction of sp³-hybridized carbons (Fsp3) is 0.348.